The number of amides is 2. The van der Waals surface area contributed by atoms with Gasteiger partial charge in [-0.15, -0.1) is 0 Å². The Labute approximate surface area is 111 Å². The number of carbonyl (C=O) groups is 1. The first kappa shape index (κ1) is 15.3. The smallest absolute Gasteiger partial charge is 0.317 e. The molecule has 2 N–H and O–H groups in total. The topological polar surface area (TPSA) is 52.6 Å². The van der Waals surface area contributed by atoms with Gasteiger partial charge in [-0.2, -0.15) is 0 Å². The molecule has 0 spiro atoms. The van der Waals surface area contributed by atoms with Crippen LogP contribution < -0.4 is 5.32 Å². The van der Waals surface area contributed by atoms with Crippen molar-refractivity contribution in [3.05, 3.63) is 0 Å². The predicted molar refractivity (Wildman–Crippen MR) is 73.5 cm³/mol. The maximum atomic E-state index is 11.8. The van der Waals surface area contributed by atoms with E-state index in [1.165, 1.54) is 12.8 Å². The molecule has 0 aromatic heterocycles. The van der Waals surface area contributed by atoms with Crippen LogP contribution in [0.1, 0.15) is 46.0 Å². The van der Waals surface area contributed by atoms with E-state index in [1.807, 2.05) is 4.90 Å². The normalized spacial score (nSPS) is 17.2. The van der Waals surface area contributed by atoms with Crippen molar-refractivity contribution in [2.45, 2.75) is 46.0 Å². The molecule has 0 radical (unpaired) electrons. The second kappa shape index (κ2) is 8.35. The zero-order chi connectivity index (χ0) is 13.4. The summed E-state index contributed by atoms with van der Waals surface area (Å²) in [7, 11) is 0. The lowest BCUT2D eigenvalue weighted by atomic mass is 9.98. The zero-order valence-electron chi connectivity index (χ0n) is 11.8. The molecule has 0 bridgehead atoms. The molecular weight excluding hydrogens is 228 g/mol. The van der Waals surface area contributed by atoms with Crippen LogP contribution in [0.5, 0.6) is 0 Å². The van der Waals surface area contributed by atoms with Gasteiger partial charge in [-0.1, -0.05) is 26.7 Å². The van der Waals surface area contributed by atoms with Crippen molar-refractivity contribution in [2.24, 2.45) is 11.8 Å². The standard InChI is InChI=1S/C14H28N2O2/c1-12(2)5-3-4-8-15-14(18)16-9-6-13(11-17)7-10-16/h12-13,17H,3-11H2,1-2H3,(H,15,18). The van der Waals surface area contributed by atoms with E-state index in [0.717, 1.165) is 44.8 Å². The summed E-state index contributed by atoms with van der Waals surface area (Å²) in [6, 6.07) is 0.0657. The minimum absolute atomic E-state index is 0.0657. The Morgan fingerprint density at radius 1 is 1.33 bits per heavy atom. The fourth-order valence-electron chi connectivity index (χ4n) is 2.30. The summed E-state index contributed by atoms with van der Waals surface area (Å²) in [6.45, 7) is 7.05. The Kier molecular flexibility index (Phi) is 7.09. The number of aliphatic hydroxyl groups is 1. The number of piperidine rings is 1. The average Bonchev–Trinajstić information content (AvgIpc) is 2.38. The summed E-state index contributed by atoms with van der Waals surface area (Å²) < 4.78 is 0. The van der Waals surface area contributed by atoms with E-state index < -0.39 is 0 Å². The van der Waals surface area contributed by atoms with Gasteiger partial charge in [0.05, 0.1) is 0 Å². The fraction of sp³-hybridized carbons (Fsp3) is 0.929. The molecule has 18 heavy (non-hydrogen) atoms. The third kappa shape index (κ3) is 5.71. The Morgan fingerprint density at radius 2 is 2.00 bits per heavy atom. The van der Waals surface area contributed by atoms with Crippen molar-refractivity contribution >= 4 is 6.03 Å². The SMILES string of the molecule is CC(C)CCCCNC(=O)N1CCC(CO)CC1. The molecule has 0 atom stereocenters. The molecule has 4 heteroatoms. The average molecular weight is 256 g/mol. The highest BCUT2D eigenvalue weighted by atomic mass is 16.3. The molecule has 0 saturated carbocycles. The number of nitrogens with zero attached hydrogens (tertiary/aromatic N) is 1. The van der Waals surface area contributed by atoms with Crippen LogP contribution in [0.3, 0.4) is 0 Å². The molecule has 0 unspecified atom stereocenters. The lowest BCUT2D eigenvalue weighted by Crippen LogP contribution is -2.45. The van der Waals surface area contributed by atoms with Crippen LogP contribution in [0.2, 0.25) is 0 Å². The van der Waals surface area contributed by atoms with E-state index in [-0.39, 0.29) is 12.6 Å². The van der Waals surface area contributed by atoms with Gasteiger partial charge < -0.3 is 15.3 Å². The highest BCUT2D eigenvalue weighted by Gasteiger charge is 2.21. The fourth-order valence-corrected chi connectivity index (χ4v) is 2.30. The summed E-state index contributed by atoms with van der Waals surface area (Å²) in [5.74, 6) is 1.14. The lowest BCUT2D eigenvalue weighted by molar-refractivity contribution is 0.137. The Morgan fingerprint density at radius 3 is 2.56 bits per heavy atom. The minimum Gasteiger partial charge on any atom is -0.396 e. The summed E-state index contributed by atoms with van der Waals surface area (Å²) in [5, 5.41) is 12.0. The highest BCUT2D eigenvalue weighted by Crippen LogP contribution is 2.16. The quantitative estimate of drug-likeness (QED) is 0.716. The molecule has 4 nitrogen and oxygen atoms in total. The third-order valence-corrected chi connectivity index (χ3v) is 3.64. The van der Waals surface area contributed by atoms with E-state index >= 15 is 0 Å². The number of likely N-dealkylation sites (tertiary alicyclic amines) is 1. The molecule has 0 aliphatic carbocycles. The van der Waals surface area contributed by atoms with Crippen molar-refractivity contribution in [3.63, 3.8) is 0 Å². The highest BCUT2D eigenvalue weighted by molar-refractivity contribution is 5.74. The monoisotopic (exact) mass is 256 g/mol. The molecule has 1 fully saturated rings. The van der Waals surface area contributed by atoms with E-state index in [4.69, 9.17) is 5.11 Å². The van der Waals surface area contributed by atoms with Gasteiger partial charge in [-0.05, 0) is 31.1 Å². The van der Waals surface area contributed by atoms with Gasteiger partial charge in [0.25, 0.3) is 0 Å². The van der Waals surface area contributed by atoms with Crippen molar-refractivity contribution in [1.29, 1.82) is 0 Å². The maximum Gasteiger partial charge on any atom is 0.317 e. The molecule has 0 aromatic carbocycles. The summed E-state index contributed by atoms with van der Waals surface area (Å²) in [5.41, 5.74) is 0. The van der Waals surface area contributed by atoms with E-state index in [1.54, 1.807) is 0 Å². The summed E-state index contributed by atoms with van der Waals surface area (Å²) >= 11 is 0. The molecule has 1 aliphatic heterocycles. The van der Waals surface area contributed by atoms with Crippen LogP contribution in [0.4, 0.5) is 4.79 Å². The largest absolute Gasteiger partial charge is 0.396 e. The Bertz CT molecular complexity index is 236. The van der Waals surface area contributed by atoms with Crippen LogP contribution in [0.25, 0.3) is 0 Å². The Balaban J connectivity index is 2.07. The van der Waals surface area contributed by atoms with Gasteiger partial charge in [-0.3, -0.25) is 0 Å². The van der Waals surface area contributed by atoms with Crippen LogP contribution in [-0.4, -0.2) is 42.3 Å². The number of rotatable bonds is 6. The predicted octanol–water partition coefficient (Wildman–Crippen LogP) is 2.23. The molecular formula is C14H28N2O2. The number of unbranched alkanes of at least 4 members (excludes halogenated alkanes) is 1. The number of hydrogen-bond acceptors (Lipinski definition) is 2. The van der Waals surface area contributed by atoms with Crippen molar-refractivity contribution in [1.82, 2.24) is 10.2 Å². The summed E-state index contributed by atoms with van der Waals surface area (Å²) in [6.07, 6.45) is 5.34. The lowest BCUT2D eigenvalue weighted by Gasteiger charge is -2.31. The first-order valence-corrected chi connectivity index (χ1v) is 7.27. The third-order valence-electron chi connectivity index (χ3n) is 3.64. The van der Waals surface area contributed by atoms with Crippen molar-refractivity contribution < 1.29 is 9.90 Å². The second-order valence-corrected chi connectivity index (χ2v) is 5.73. The number of nitrogens with one attached hydrogen (secondary N) is 1. The maximum absolute atomic E-state index is 11.8. The molecule has 1 rings (SSSR count). The summed E-state index contributed by atoms with van der Waals surface area (Å²) in [4.78, 5) is 13.7. The molecule has 1 heterocycles. The van der Waals surface area contributed by atoms with E-state index in [2.05, 4.69) is 19.2 Å². The van der Waals surface area contributed by atoms with Gasteiger partial charge in [0, 0.05) is 26.2 Å². The van der Waals surface area contributed by atoms with Gasteiger partial charge in [0.2, 0.25) is 0 Å². The minimum atomic E-state index is 0.0657. The van der Waals surface area contributed by atoms with Gasteiger partial charge in [0.1, 0.15) is 0 Å². The number of carbonyl (C=O) groups excluding carboxylic acids is 1. The van der Waals surface area contributed by atoms with Crippen LogP contribution in [0, 0.1) is 11.8 Å². The number of hydrogen-bond donors (Lipinski definition) is 2. The van der Waals surface area contributed by atoms with Gasteiger partial charge >= 0.3 is 6.03 Å². The zero-order valence-corrected chi connectivity index (χ0v) is 11.8. The molecule has 106 valence electrons. The van der Waals surface area contributed by atoms with E-state index in [0.29, 0.717) is 5.92 Å². The molecule has 1 aliphatic rings. The number of urea groups is 1. The van der Waals surface area contributed by atoms with Crippen LogP contribution in [0.15, 0.2) is 0 Å². The van der Waals surface area contributed by atoms with Crippen LogP contribution >= 0.6 is 0 Å². The second-order valence-electron chi connectivity index (χ2n) is 5.73. The molecule has 0 aromatic rings. The van der Waals surface area contributed by atoms with E-state index in [9.17, 15) is 4.79 Å². The van der Waals surface area contributed by atoms with Gasteiger partial charge in [-0.25, -0.2) is 4.79 Å². The van der Waals surface area contributed by atoms with Crippen molar-refractivity contribution in [3.8, 4) is 0 Å². The molecule has 1 saturated heterocycles. The number of aliphatic hydroxyl groups excluding tert-OH is 1. The Hall–Kier alpha value is -0.770. The van der Waals surface area contributed by atoms with Crippen molar-refractivity contribution in [2.75, 3.05) is 26.2 Å². The first-order chi connectivity index (χ1) is 8.63. The molecule has 2 amide bonds. The van der Waals surface area contributed by atoms with Crippen LogP contribution in [-0.2, 0) is 0 Å². The van der Waals surface area contributed by atoms with Gasteiger partial charge in [0.15, 0.2) is 0 Å². The first-order valence-electron chi connectivity index (χ1n) is 7.27.